The van der Waals surface area contributed by atoms with Gasteiger partial charge in [0.15, 0.2) is 0 Å². The average Bonchev–Trinajstić information content (AvgIpc) is 3.11. The molecule has 0 aromatic heterocycles. The minimum absolute atomic E-state index is 0.145. The van der Waals surface area contributed by atoms with Crippen molar-refractivity contribution >= 4 is 18.5 Å². The smallest absolute Gasteiger partial charge is 0.488 e. The third kappa shape index (κ3) is 3.63. The Morgan fingerprint density at radius 3 is 2.45 bits per heavy atom. The number of halogens is 3. The zero-order valence-corrected chi connectivity index (χ0v) is 11.4. The monoisotopic (exact) mass is 319 g/mol. The first-order valence-corrected chi connectivity index (χ1v) is 6.31. The van der Waals surface area contributed by atoms with E-state index in [1.54, 1.807) is 0 Å². The van der Waals surface area contributed by atoms with Gasteiger partial charge in [-0.05, 0) is 17.6 Å². The van der Waals surface area contributed by atoms with Gasteiger partial charge in [-0.1, -0.05) is 0 Å². The maximum absolute atomic E-state index is 12.9. The zero-order valence-electron chi connectivity index (χ0n) is 11.4. The normalized spacial score (nSPS) is 19.8. The van der Waals surface area contributed by atoms with E-state index in [1.165, 1.54) is 7.11 Å². The maximum Gasteiger partial charge on any atom is 0.488 e. The Balaban J connectivity index is 2.40. The highest BCUT2D eigenvalue weighted by Gasteiger charge is 2.40. The van der Waals surface area contributed by atoms with Gasteiger partial charge < -0.3 is 24.8 Å². The summed E-state index contributed by atoms with van der Waals surface area (Å²) in [5, 5.41) is 20.6. The van der Waals surface area contributed by atoms with E-state index in [1.807, 2.05) is 0 Å². The fourth-order valence-corrected chi connectivity index (χ4v) is 1.89. The van der Waals surface area contributed by atoms with Gasteiger partial charge in [-0.25, -0.2) is 4.39 Å². The van der Waals surface area contributed by atoms with Crippen LogP contribution >= 0.6 is 0 Å². The van der Waals surface area contributed by atoms with Crippen LogP contribution < -0.4 is 20.3 Å². The summed E-state index contributed by atoms with van der Waals surface area (Å²) in [5.74, 6) is -1.64. The summed E-state index contributed by atoms with van der Waals surface area (Å²) in [6.45, 7) is -3.24. The zero-order chi connectivity index (χ0) is 16.4. The number of ether oxygens (including phenoxy) is 2. The van der Waals surface area contributed by atoms with E-state index >= 15 is 0 Å². The van der Waals surface area contributed by atoms with Crippen molar-refractivity contribution in [2.75, 3.05) is 7.11 Å². The molecule has 0 spiro atoms. The summed E-state index contributed by atoms with van der Waals surface area (Å²) in [6, 6.07) is 1.30. The van der Waals surface area contributed by atoms with Gasteiger partial charge in [-0.15, -0.1) is 0 Å². The van der Waals surface area contributed by atoms with Gasteiger partial charge in [0.05, 0.1) is 13.2 Å². The quantitative estimate of drug-likeness (QED) is 0.633. The predicted octanol–water partition coefficient (Wildman–Crippen LogP) is -0.183. The van der Waals surface area contributed by atoms with Gasteiger partial charge in [-0.2, -0.15) is 8.78 Å². The van der Waals surface area contributed by atoms with E-state index < -0.39 is 37.6 Å². The molecule has 2 rings (SSSR count). The van der Waals surface area contributed by atoms with E-state index in [9.17, 15) is 18.0 Å². The SMILES string of the molecule is COc1cc(B(O)O)cc(OC(F)F)c1C(=O)N[C@@H]1C[C@@H]1F. The van der Waals surface area contributed by atoms with Crippen LogP contribution in [-0.2, 0) is 0 Å². The molecule has 1 fully saturated rings. The molecule has 0 unspecified atom stereocenters. The lowest BCUT2D eigenvalue weighted by atomic mass is 9.79. The van der Waals surface area contributed by atoms with Gasteiger partial charge in [0.2, 0.25) is 0 Å². The molecule has 10 heteroatoms. The van der Waals surface area contributed by atoms with Crippen LogP contribution in [0, 0.1) is 0 Å². The molecule has 1 saturated carbocycles. The lowest BCUT2D eigenvalue weighted by Gasteiger charge is -2.16. The highest BCUT2D eigenvalue weighted by molar-refractivity contribution is 6.58. The first-order valence-electron chi connectivity index (χ1n) is 6.31. The van der Waals surface area contributed by atoms with Gasteiger partial charge in [0, 0.05) is 6.42 Å². The number of hydrogen-bond donors (Lipinski definition) is 3. The second-order valence-electron chi connectivity index (χ2n) is 4.68. The van der Waals surface area contributed by atoms with Gasteiger partial charge in [0.25, 0.3) is 5.91 Å². The number of carbonyl (C=O) groups excluding carboxylic acids is 1. The molecule has 0 saturated heterocycles. The lowest BCUT2D eigenvalue weighted by Crippen LogP contribution is -2.33. The van der Waals surface area contributed by atoms with E-state index in [0.29, 0.717) is 0 Å². The number of rotatable bonds is 6. The molecule has 6 nitrogen and oxygen atoms in total. The fraction of sp³-hybridized carbons (Fsp3) is 0.417. The number of nitrogens with one attached hydrogen (secondary N) is 1. The van der Waals surface area contributed by atoms with Crippen LogP contribution in [0.4, 0.5) is 13.2 Å². The van der Waals surface area contributed by atoms with Crippen molar-refractivity contribution in [3.63, 3.8) is 0 Å². The van der Waals surface area contributed by atoms with Crippen LogP contribution in [0.2, 0.25) is 0 Å². The van der Waals surface area contributed by atoms with Crippen molar-refractivity contribution in [1.82, 2.24) is 5.32 Å². The van der Waals surface area contributed by atoms with Gasteiger partial charge in [0.1, 0.15) is 23.2 Å². The van der Waals surface area contributed by atoms with Crippen molar-refractivity contribution in [2.45, 2.75) is 25.2 Å². The topological polar surface area (TPSA) is 88.0 Å². The highest BCUT2D eigenvalue weighted by Crippen LogP contribution is 2.31. The number of amides is 1. The van der Waals surface area contributed by atoms with Crippen molar-refractivity contribution in [1.29, 1.82) is 0 Å². The summed E-state index contributed by atoms with van der Waals surface area (Å²) in [4.78, 5) is 12.1. The molecule has 2 atom stereocenters. The molecule has 1 aromatic carbocycles. The molecule has 0 bridgehead atoms. The average molecular weight is 319 g/mol. The van der Waals surface area contributed by atoms with Crippen LogP contribution in [0.15, 0.2) is 12.1 Å². The minimum Gasteiger partial charge on any atom is -0.496 e. The van der Waals surface area contributed by atoms with E-state index in [4.69, 9.17) is 14.8 Å². The Kier molecular flexibility index (Phi) is 4.82. The van der Waals surface area contributed by atoms with Crippen LogP contribution in [0.5, 0.6) is 11.5 Å². The number of benzene rings is 1. The molecule has 3 N–H and O–H groups in total. The van der Waals surface area contributed by atoms with Crippen molar-refractivity contribution in [2.24, 2.45) is 0 Å². The largest absolute Gasteiger partial charge is 0.496 e. The molecule has 1 aromatic rings. The molecule has 120 valence electrons. The number of alkyl halides is 3. The summed E-state index contributed by atoms with van der Waals surface area (Å²) in [5.41, 5.74) is -0.565. The Morgan fingerprint density at radius 1 is 1.41 bits per heavy atom. The molecule has 1 aliphatic rings. The molecule has 1 amide bonds. The molecule has 0 aliphatic heterocycles. The lowest BCUT2D eigenvalue weighted by molar-refractivity contribution is -0.0502. The van der Waals surface area contributed by atoms with Crippen molar-refractivity contribution in [3.05, 3.63) is 17.7 Å². The molecular formula is C12H13BF3NO5. The third-order valence-corrected chi connectivity index (χ3v) is 3.08. The van der Waals surface area contributed by atoms with Gasteiger partial charge >= 0.3 is 13.7 Å². The standard InChI is InChI=1S/C12H13BF3NO5/c1-21-8-2-5(13(19)20)3-9(22-12(15)16)10(8)11(18)17-7-4-6(7)14/h2-3,6-7,12,19-20H,4H2,1H3,(H,17,18)/t6-,7+/m0/s1. The van der Waals surface area contributed by atoms with Crippen LogP contribution in [0.3, 0.4) is 0 Å². The van der Waals surface area contributed by atoms with Crippen LogP contribution in [0.25, 0.3) is 0 Å². The number of carbonyl (C=O) groups is 1. The first-order chi connectivity index (χ1) is 10.3. The van der Waals surface area contributed by atoms with Gasteiger partial charge in [-0.3, -0.25) is 4.79 Å². The second-order valence-corrected chi connectivity index (χ2v) is 4.68. The van der Waals surface area contributed by atoms with Crippen molar-refractivity contribution in [3.8, 4) is 11.5 Å². The van der Waals surface area contributed by atoms with E-state index in [0.717, 1.165) is 12.1 Å². The Bertz CT molecular complexity index is 572. The molecule has 22 heavy (non-hydrogen) atoms. The third-order valence-electron chi connectivity index (χ3n) is 3.08. The molecule has 0 heterocycles. The highest BCUT2D eigenvalue weighted by atomic mass is 19.3. The minimum atomic E-state index is -3.24. The predicted molar refractivity (Wildman–Crippen MR) is 70.2 cm³/mol. The maximum atomic E-state index is 12.9. The van der Waals surface area contributed by atoms with Crippen LogP contribution in [0.1, 0.15) is 16.8 Å². The molecular weight excluding hydrogens is 306 g/mol. The fourth-order valence-electron chi connectivity index (χ4n) is 1.89. The van der Waals surface area contributed by atoms with Crippen molar-refractivity contribution < 1.29 is 37.5 Å². The summed E-state index contributed by atoms with van der Waals surface area (Å²) in [6.07, 6.45) is -1.03. The summed E-state index contributed by atoms with van der Waals surface area (Å²) >= 11 is 0. The number of hydrogen-bond acceptors (Lipinski definition) is 5. The van der Waals surface area contributed by atoms with E-state index in [2.05, 4.69) is 10.1 Å². The Hall–Kier alpha value is -1.94. The Labute approximate surface area is 124 Å². The van der Waals surface area contributed by atoms with E-state index in [-0.39, 0.29) is 23.2 Å². The number of methoxy groups -OCH3 is 1. The summed E-state index contributed by atoms with van der Waals surface area (Å²) < 4.78 is 47.0. The molecule has 1 aliphatic carbocycles. The Morgan fingerprint density at radius 2 is 2.00 bits per heavy atom. The summed E-state index contributed by atoms with van der Waals surface area (Å²) in [7, 11) is -0.800. The first kappa shape index (κ1) is 16.4. The molecule has 0 radical (unpaired) electrons. The second kappa shape index (κ2) is 6.45. The van der Waals surface area contributed by atoms with Crippen LogP contribution in [-0.4, -0.2) is 49.0 Å².